The first-order valence-corrected chi connectivity index (χ1v) is 9.51. The number of benzene rings is 3. The molecule has 29 heavy (non-hydrogen) atoms. The number of hydrogen-bond donors (Lipinski definition) is 1. The SMILES string of the molecule is COc1cc2c(cc1OCc1ccccc1)C(c1cccc([N+](=O)[O-])c1)NCC2. The number of methoxy groups -OCH3 is 1. The quantitative estimate of drug-likeness (QED) is 0.498. The van der Waals surface area contributed by atoms with Gasteiger partial charge in [0.2, 0.25) is 0 Å². The van der Waals surface area contributed by atoms with Crippen molar-refractivity contribution in [3.63, 3.8) is 0 Å². The third-order valence-corrected chi connectivity index (χ3v) is 5.13. The first-order valence-electron chi connectivity index (χ1n) is 9.51. The first-order chi connectivity index (χ1) is 14.2. The molecule has 148 valence electrons. The molecule has 0 spiro atoms. The predicted octanol–water partition coefficient (Wildman–Crippen LogP) is 4.42. The highest BCUT2D eigenvalue weighted by Gasteiger charge is 2.25. The lowest BCUT2D eigenvalue weighted by atomic mass is 9.89. The van der Waals surface area contributed by atoms with Gasteiger partial charge in [-0.3, -0.25) is 10.1 Å². The number of nitrogens with one attached hydrogen (secondary N) is 1. The van der Waals surface area contributed by atoms with Crippen molar-refractivity contribution in [3.8, 4) is 11.5 Å². The molecule has 0 fully saturated rings. The van der Waals surface area contributed by atoms with Gasteiger partial charge in [0.25, 0.3) is 5.69 Å². The molecule has 6 heteroatoms. The number of ether oxygens (including phenoxy) is 2. The van der Waals surface area contributed by atoms with E-state index in [-0.39, 0.29) is 16.7 Å². The summed E-state index contributed by atoms with van der Waals surface area (Å²) in [5.74, 6) is 1.36. The minimum atomic E-state index is -0.365. The van der Waals surface area contributed by atoms with Crippen LogP contribution in [0.15, 0.2) is 66.7 Å². The van der Waals surface area contributed by atoms with E-state index in [9.17, 15) is 10.1 Å². The summed E-state index contributed by atoms with van der Waals surface area (Å²) in [4.78, 5) is 10.8. The van der Waals surface area contributed by atoms with Crippen LogP contribution in [0.5, 0.6) is 11.5 Å². The molecule has 0 aliphatic carbocycles. The van der Waals surface area contributed by atoms with Gasteiger partial charge < -0.3 is 14.8 Å². The second kappa shape index (κ2) is 8.32. The van der Waals surface area contributed by atoms with Crippen molar-refractivity contribution < 1.29 is 14.4 Å². The van der Waals surface area contributed by atoms with Crippen LogP contribution in [-0.2, 0) is 13.0 Å². The maximum Gasteiger partial charge on any atom is 0.269 e. The topological polar surface area (TPSA) is 73.6 Å². The van der Waals surface area contributed by atoms with E-state index in [1.807, 2.05) is 48.5 Å². The van der Waals surface area contributed by atoms with Gasteiger partial charge in [0.15, 0.2) is 11.5 Å². The van der Waals surface area contributed by atoms with Gasteiger partial charge in [-0.25, -0.2) is 0 Å². The van der Waals surface area contributed by atoms with Crippen LogP contribution in [0.3, 0.4) is 0 Å². The molecule has 4 rings (SSSR count). The smallest absolute Gasteiger partial charge is 0.269 e. The maximum atomic E-state index is 11.2. The highest BCUT2D eigenvalue weighted by Crippen LogP contribution is 2.38. The summed E-state index contributed by atoms with van der Waals surface area (Å²) in [6, 6.07) is 20.6. The van der Waals surface area contributed by atoms with E-state index in [1.54, 1.807) is 19.2 Å². The fraction of sp³-hybridized carbons (Fsp3) is 0.217. The van der Waals surface area contributed by atoms with Crippen LogP contribution in [0.4, 0.5) is 5.69 Å². The zero-order valence-electron chi connectivity index (χ0n) is 16.1. The molecule has 1 unspecified atom stereocenters. The second-order valence-corrected chi connectivity index (χ2v) is 6.97. The van der Waals surface area contributed by atoms with Crippen molar-refractivity contribution in [3.05, 3.63) is 99.1 Å². The van der Waals surface area contributed by atoms with Gasteiger partial charge >= 0.3 is 0 Å². The molecule has 6 nitrogen and oxygen atoms in total. The molecule has 1 aliphatic heterocycles. The molecule has 3 aromatic carbocycles. The zero-order chi connectivity index (χ0) is 20.2. The van der Waals surface area contributed by atoms with Crippen molar-refractivity contribution in [2.75, 3.05) is 13.7 Å². The van der Waals surface area contributed by atoms with Gasteiger partial charge in [-0.1, -0.05) is 42.5 Å². The standard InChI is InChI=1S/C23H22N2O4/c1-28-21-13-17-10-11-24-23(18-8-5-9-19(12-18)25(26)27)20(17)14-22(21)29-15-16-6-3-2-4-7-16/h2-9,12-14,23-24H,10-11,15H2,1H3. The minimum absolute atomic E-state index is 0.0884. The molecule has 0 bridgehead atoms. The lowest BCUT2D eigenvalue weighted by Crippen LogP contribution is -2.30. The van der Waals surface area contributed by atoms with E-state index >= 15 is 0 Å². The summed E-state index contributed by atoms with van der Waals surface area (Å²) in [6.45, 7) is 1.22. The Labute approximate surface area is 169 Å². The van der Waals surface area contributed by atoms with E-state index in [4.69, 9.17) is 9.47 Å². The molecule has 3 aromatic rings. The minimum Gasteiger partial charge on any atom is -0.493 e. The normalized spacial score (nSPS) is 15.4. The molecule has 1 heterocycles. The fourth-order valence-corrected chi connectivity index (χ4v) is 3.69. The van der Waals surface area contributed by atoms with Crippen molar-refractivity contribution >= 4 is 5.69 Å². The Morgan fingerprint density at radius 1 is 1.07 bits per heavy atom. The molecular formula is C23H22N2O4. The summed E-state index contributed by atoms with van der Waals surface area (Å²) >= 11 is 0. The lowest BCUT2D eigenvalue weighted by Gasteiger charge is -2.28. The number of nitrogens with zero attached hydrogens (tertiary/aromatic N) is 1. The molecule has 0 saturated heterocycles. The monoisotopic (exact) mass is 390 g/mol. The van der Waals surface area contributed by atoms with E-state index < -0.39 is 0 Å². The fourth-order valence-electron chi connectivity index (χ4n) is 3.69. The van der Waals surface area contributed by atoms with E-state index in [1.165, 1.54) is 6.07 Å². The number of hydrogen-bond acceptors (Lipinski definition) is 5. The van der Waals surface area contributed by atoms with E-state index in [0.29, 0.717) is 18.1 Å². The first kappa shape index (κ1) is 19.0. The number of rotatable bonds is 6. The predicted molar refractivity (Wildman–Crippen MR) is 110 cm³/mol. The van der Waals surface area contributed by atoms with Crippen LogP contribution in [0, 0.1) is 10.1 Å². The number of non-ortho nitro benzene ring substituents is 1. The Morgan fingerprint density at radius 2 is 1.90 bits per heavy atom. The summed E-state index contributed by atoms with van der Waals surface area (Å²) in [5, 5.41) is 14.7. The number of nitro benzene ring substituents is 1. The molecule has 1 aliphatic rings. The highest BCUT2D eigenvalue weighted by molar-refractivity contribution is 5.52. The average Bonchev–Trinajstić information content (AvgIpc) is 2.77. The average molecular weight is 390 g/mol. The van der Waals surface area contributed by atoms with Crippen LogP contribution < -0.4 is 14.8 Å². The van der Waals surface area contributed by atoms with Gasteiger partial charge in [0.1, 0.15) is 6.61 Å². The Kier molecular flexibility index (Phi) is 5.44. The summed E-state index contributed by atoms with van der Waals surface area (Å²) in [7, 11) is 1.64. The maximum absolute atomic E-state index is 11.2. The molecule has 0 amide bonds. The molecule has 1 N–H and O–H groups in total. The van der Waals surface area contributed by atoms with Crippen LogP contribution in [0.1, 0.15) is 28.3 Å². The summed E-state index contributed by atoms with van der Waals surface area (Å²) in [5.41, 5.74) is 4.23. The lowest BCUT2D eigenvalue weighted by molar-refractivity contribution is -0.384. The Morgan fingerprint density at radius 3 is 2.66 bits per heavy atom. The van der Waals surface area contributed by atoms with Crippen molar-refractivity contribution in [2.45, 2.75) is 19.1 Å². The zero-order valence-corrected chi connectivity index (χ0v) is 16.1. The second-order valence-electron chi connectivity index (χ2n) is 6.97. The van der Waals surface area contributed by atoms with Crippen molar-refractivity contribution in [1.29, 1.82) is 0 Å². The van der Waals surface area contributed by atoms with Crippen molar-refractivity contribution in [1.82, 2.24) is 5.32 Å². The van der Waals surface area contributed by atoms with E-state index in [0.717, 1.165) is 35.2 Å². The summed E-state index contributed by atoms with van der Waals surface area (Å²) in [6.07, 6.45) is 0.857. The molecule has 0 aromatic heterocycles. The molecule has 0 radical (unpaired) electrons. The highest BCUT2D eigenvalue weighted by atomic mass is 16.6. The van der Waals surface area contributed by atoms with Gasteiger partial charge in [-0.2, -0.15) is 0 Å². The molecule has 1 atom stereocenters. The van der Waals surface area contributed by atoms with Crippen LogP contribution >= 0.6 is 0 Å². The Hall–Kier alpha value is -3.38. The third kappa shape index (κ3) is 4.07. The Balaban J connectivity index is 1.68. The largest absolute Gasteiger partial charge is 0.493 e. The third-order valence-electron chi connectivity index (χ3n) is 5.13. The van der Waals surface area contributed by atoms with Crippen LogP contribution in [-0.4, -0.2) is 18.6 Å². The van der Waals surface area contributed by atoms with Gasteiger partial charge in [-0.05, 0) is 40.8 Å². The van der Waals surface area contributed by atoms with Gasteiger partial charge in [0.05, 0.1) is 18.1 Å². The van der Waals surface area contributed by atoms with Gasteiger partial charge in [0, 0.05) is 18.7 Å². The Bertz CT molecular complexity index is 1020. The molecular weight excluding hydrogens is 368 g/mol. The van der Waals surface area contributed by atoms with Crippen molar-refractivity contribution in [2.24, 2.45) is 0 Å². The molecule has 0 saturated carbocycles. The van der Waals surface area contributed by atoms with Crippen LogP contribution in [0.25, 0.3) is 0 Å². The summed E-state index contributed by atoms with van der Waals surface area (Å²) < 4.78 is 11.6. The van der Waals surface area contributed by atoms with Crippen LogP contribution in [0.2, 0.25) is 0 Å². The number of fused-ring (bicyclic) bond motifs is 1. The van der Waals surface area contributed by atoms with E-state index in [2.05, 4.69) is 5.32 Å². The van der Waals surface area contributed by atoms with Gasteiger partial charge in [-0.15, -0.1) is 0 Å². The number of nitro groups is 1.